The Morgan fingerprint density at radius 2 is 1.69 bits per heavy atom. The van der Waals surface area contributed by atoms with E-state index >= 15 is 0 Å². The number of piperazine rings is 1. The standard InChI is InChI=1S/C27H28ClN3O3S/c1-33-25-17-21(7-12-24(25)34-19-26(32)29-23-10-8-22(28)9-11-23)27(35)31-15-13-30(14-16-31)18-20-5-3-2-4-6-20/h2-12,17H,13-16,18-19H2,1H3,(H,29,32). The van der Waals surface area contributed by atoms with Crippen LogP contribution >= 0.6 is 23.8 Å². The number of anilines is 1. The summed E-state index contributed by atoms with van der Waals surface area (Å²) in [5.41, 5.74) is 2.87. The van der Waals surface area contributed by atoms with Gasteiger partial charge in [0, 0.05) is 49.0 Å². The molecule has 1 aliphatic rings. The fourth-order valence-corrected chi connectivity index (χ4v) is 4.36. The van der Waals surface area contributed by atoms with E-state index in [1.807, 2.05) is 18.2 Å². The first-order valence-electron chi connectivity index (χ1n) is 11.4. The predicted molar refractivity (Wildman–Crippen MR) is 144 cm³/mol. The molecule has 0 radical (unpaired) electrons. The van der Waals surface area contributed by atoms with Crippen molar-refractivity contribution in [2.75, 3.05) is 45.2 Å². The molecule has 1 saturated heterocycles. The smallest absolute Gasteiger partial charge is 0.262 e. The van der Waals surface area contributed by atoms with Crippen molar-refractivity contribution in [2.24, 2.45) is 0 Å². The number of rotatable bonds is 8. The Bertz CT molecular complexity index is 1150. The Morgan fingerprint density at radius 1 is 0.971 bits per heavy atom. The first-order chi connectivity index (χ1) is 17.0. The van der Waals surface area contributed by atoms with Crippen molar-refractivity contribution in [3.05, 3.63) is 88.9 Å². The summed E-state index contributed by atoms with van der Waals surface area (Å²) < 4.78 is 11.2. The Balaban J connectivity index is 1.30. The lowest BCUT2D eigenvalue weighted by atomic mass is 10.1. The van der Waals surface area contributed by atoms with Gasteiger partial charge in [-0.3, -0.25) is 9.69 Å². The van der Waals surface area contributed by atoms with Crippen LogP contribution in [0.15, 0.2) is 72.8 Å². The Hall–Kier alpha value is -3.13. The van der Waals surface area contributed by atoms with Crippen LogP contribution in [-0.2, 0) is 11.3 Å². The third-order valence-electron chi connectivity index (χ3n) is 5.81. The summed E-state index contributed by atoms with van der Waals surface area (Å²) in [6.07, 6.45) is 0. The predicted octanol–water partition coefficient (Wildman–Crippen LogP) is 4.86. The Kier molecular flexibility index (Phi) is 8.58. The number of ether oxygens (including phenoxy) is 2. The summed E-state index contributed by atoms with van der Waals surface area (Å²) in [7, 11) is 1.57. The molecule has 0 aliphatic carbocycles. The molecule has 0 bridgehead atoms. The highest BCUT2D eigenvalue weighted by Crippen LogP contribution is 2.29. The quantitative estimate of drug-likeness (QED) is 0.438. The topological polar surface area (TPSA) is 54.0 Å². The van der Waals surface area contributed by atoms with Gasteiger partial charge in [0.1, 0.15) is 4.99 Å². The highest BCUT2D eigenvalue weighted by molar-refractivity contribution is 7.80. The van der Waals surface area contributed by atoms with Crippen LogP contribution in [0.25, 0.3) is 0 Å². The van der Waals surface area contributed by atoms with E-state index in [1.54, 1.807) is 37.4 Å². The number of benzene rings is 3. The Morgan fingerprint density at radius 3 is 2.37 bits per heavy atom. The molecule has 182 valence electrons. The van der Waals surface area contributed by atoms with Crippen molar-refractivity contribution in [2.45, 2.75) is 6.54 Å². The van der Waals surface area contributed by atoms with Crippen LogP contribution in [0, 0.1) is 0 Å². The maximum Gasteiger partial charge on any atom is 0.262 e. The molecule has 4 rings (SSSR count). The number of amides is 1. The summed E-state index contributed by atoms with van der Waals surface area (Å²) in [4.78, 5) is 17.7. The summed E-state index contributed by atoms with van der Waals surface area (Å²) in [5, 5.41) is 3.38. The number of thiocarbonyl (C=S) groups is 1. The van der Waals surface area contributed by atoms with E-state index in [1.165, 1.54) is 5.56 Å². The monoisotopic (exact) mass is 509 g/mol. The SMILES string of the molecule is COc1cc(C(=S)N2CCN(Cc3ccccc3)CC2)ccc1OCC(=O)Nc1ccc(Cl)cc1. The number of halogens is 1. The van der Waals surface area contributed by atoms with Crippen LogP contribution in [0.4, 0.5) is 5.69 Å². The highest BCUT2D eigenvalue weighted by Gasteiger charge is 2.21. The fourth-order valence-electron chi connectivity index (χ4n) is 3.93. The first-order valence-corrected chi connectivity index (χ1v) is 12.2. The molecule has 8 heteroatoms. The van der Waals surface area contributed by atoms with Gasteiger partial charge in [0.25, 0.3) is 5.91 Å². The van der Waals surface area contributed by atoms with E-state index in [0.717, 1.165) is 43.3 Å². The van der Waals surface area contributed by atoms with E-state index in [2.05, 4.69) is 39.4 Å². The minimum absolute atomic E-state index is 0.147. The van der Waals surface area contributed by atoms with Crippen LogP contribution in [-0.4, -0.2) is 60.6 Å². The van der Waals surface area contributed by atoms with E-state index in [9.17, 15) is 4.79 Å². The van der Waals surface area contributed by atoms with E-state index in [-0.39, 0.29) is 12.5 Å². The van der Waals surface area contributed by atoms with Crippen molar-refractivity contribution in [1.29, 1.82) is 0 Å². The number of nitrogens with zero attached hydrogens (tertiary/aromatic N) is 2. The average molecular weight is 510 g/mol. The number of carbonyl (C=O) groups excluding carboxylic acids is 1. The zero-order valence-electron chi connectivity index (χ0n) is 19.6. The molecule has 1 fully saturated rings. The van der Waals surface area contributed by atoms with Crippen LogP contribution in [0.1, 0.15) is 11.1 Å². The zero-order valence-corrected chi connectivity index (χ0v) is 21.1. The van der Waals surface area contributed by atoms with Crippen molar-refractivity contribution in [3.8, 4) is 11.5 Å². The molecule has 0 atom stereocenters. The molecule has 6 nitrogen and oxygen atoms in total. The second-order valence-corrected chi connectivity index (χ2v) is 9.09. The maximum atomic E-state index is 12.3. The molecule has 35 heavy (non-hydrogen) atoms. The second-order valence-electron chi connectivity index (χ2n) is 8.26. The summed E-state index contributed by atoms with van der Waals surface area (Å²) >= 11 is 11.7. The third-order valence-corrected chi connectivity index (χ3v) is 6.55. The van der Waals surface area contributed by atoms with Crippen LogP contribution < -0.4 is 14.8 Å². The number of methoxy groups -OCH3 is 1. The molecule has 1 N–H and O–H groups in total. The molecular formula is C27H28ClN3O3S. The molecule has 1 heterocycles. The molecule has 0 saturated carbocycles. The molecule has 0 spiro atoms. The summed E-state index contributed by atoms with van der Waals surface area (Å²) in [6.45, 7) is 4.46. The van der Waals surface area contributed by atoms with E-state index < -0.39 is 0 Å². The van der Waals surface area contributed by atoms with Crippen molar-refractivity contribution in [3.63, 3.8) is 0 Å². The fraction of sp³-hybridized carbons (Fsp3) is 0.259. The number of hydrogen-bond acceptors (Lipinski definition) is 5. The molecule has 0 aromatic heterocycles. The van der Waals surface area contributed by atoms with E-state index in [4.69, 9.17) is 33.3 Å². The van der Waals surface area contributed by atoms with Gasteiger partial charge >= 0.3 is 0 Å². The number of nitrogens with one attached hydrogen (secondary N) is 1. The lowest BCUT2D eigenvalue weighted by Crippen LogP contribution is -2.48. The first kappa shape index (κ1) is 25.0. The van der Waals surface area contributed by atoms with Crippen molar-refractivity contribution >= 4 is 40.4 Å². The van der Waals surface area contributed by atoms with Crippen LogP contribution in [0.5, 0.6) is 11.5 Å². The molecule has 1 amide bonds. The number of hydrogen-bond donors (Lipinski definition) is 1. The maximum absolute atomic E-state index is 12.3. The van der Waals surface area contributed by atoms with Gasteiger partial charge in [0.05, 0.1) is 7.11 Å². The van der Waals surface area contributed by atoms with Gasteiger partial charge in [-0.15, -0.1) is 0 Å². The molecule has 3 aromatic carbocycles. The minimum atomic E-state index is -0.276. The number of carbonyl (C=O) groups is 1. The molecular weight excluding hydrogens is 482 g/mol. The van der Waals surface area contributed by atoms with Crippen LogP contribution in [0.3, 0.4) is 0 Å². The Labute approximate surface area is 216 Å². The van der Waals surface area contributed by atoms with Gasteiger partial charge in [0.15, 0.2) is 18.1 Å². The summed E-state index contributed by atoms with van der Waals surface area (Å²) in [5.74, 6) is 0.743. The molecule has 0 unspecified atom stereocenters. The highest BCUT2D eigenvalue weighted by atomic mass is 35.5. The van der Waals surface area contributed by atoms with Crippen molar-refractivity contribution in [1.82, 2.24) is 9.80 Å². The van der Waals surface area contributed by atoms with Crippen molar-refractivity contribution < 1.29 is 14.3 Å². The zero-order chi connectivity index (χ0) is 24.6. The van der Waals surface area contributed by atoms with Crippen LogP contribution in [0.2, 0.25) is 5.02 Å². The lowest BCUT2D eigenvalue weighted by molar-refractivity contribution is -0.118. The minimum Gasteiger partial charge on any atom is -0.493 e. The van der Waals surface area contributed by atoms with Gasteiger partial charge in [-0.1, -0.05) is 54.2 Å². The lowest BCUT2D eigenvalue weighted by Gasteiger charge is -2.36. The third kappa shape index (κ3) is 6.94. The van der Waals surface area contributed by atoms with Gasteiger partial charge in [-0.2, -0.15) is 0 Å². The molecule has 3 aromatic rings. The normalized spacial score (nSPS) is 13.8. The average Bonchev–Trinajstić information content (AvgIpc) is 2.89. The summed E-state index contributed by atoms with van der Waals surface area (Å²) in [6, 6.07) is 23.0. The molecule has 1 aliphatic heterocycles. The van der Waals surface area contributed by atoms with Gasteiger partial charge in [-0.25, -0.2) is 0 Å². The van der Waals surface area contributed by atoms with Gasteiger partial charge < -0.3 is 19.7 Å². The second kappa shape index (κ2) is 12.0. The van der Waals surface area contributed by atoms with E-state index in [0.29, 0.717) is 22.2 Å². The van der Waals surface area contributed by atoms with Gasteiger partial charge in [-0.05, 0) is 48.0 Å². The largest absolute Gasteiger partial charge is 0.493 e. The van der Waals surface area contributed by atoms with Gasteiger partial charge in [0.2, 0.25) is 0 Å².